The summed E-state index contributed by atoms with van der Waals surface area (Å²) in [5.74, 6) is -2.44. The maximum atomic E-state index is 13.5. The molecular formula is C16H18F2N2O2. The second kappa shape index (κ2) is 5.34. The fourth-order valence-corrected chi connectivity index (χ4v) is 3.80. The first-order valence-electron chi connectivity index (χ1n) is 7.52. The molecule has 6 heteroatoms. The van der Waals surface area contributed by atoms with Crippen molar-refractivity contribution in [1.29, 1.82) is 0 Å². The molecular weight excluding hydrogens is 290 g/mol. The van der Waals surface area contributed by atoms with Crippen LogP contribution in [0.25, 0.3) is 0 Å². The van der Waals surface area contributed by atoms with Crippen LogP contribution in [0.5, 0.6) is 0 Å². The smallest absolute Gasteiger partial charge is 0.240 e. The van der Waals surface area contributed by atoms with Crippen molar-refractivity contribution >= 4 is 17.5 Å². The fourth-order valence-electron chi connectivity index (χ4n) is 3.80. The summed E-state index contributed by atoms with van der Waals surface area (Å²) in [6.45, 7) is 0. The third-order valence-electron chi connectivity index (χ3n) is 4.83. The molecule has 1 saturated heterocycles. The molecule has 2 N–H and O–H groups in total. The quantitative estimate of drug-likeness (QED) is 0.912. The molecule has 2 aliphatic rings. The first-order chi connectivity index (χ1) is 10.4. The van der Waals surface area contributed by atoms with Gasteiger partial charge in [-0.2, -0.15) is 0 Å². The van der Waals surface area contributed by atoms with Crippen LogP contribution in [0.4, 0.5) is 14.5 Å². The number of primary amides is 1. The Kier molecular flexibility index (Phi) is 3.62. The number of carbonyl (C=O) groups excluding carboxylic acids is 2. The van der Waals surface area contributed by atoms with Crippen LogP contribution >= 0.6 is 0 Å². The Hall–Kier alpha value is -1.98. The van der Waals surface area contributed by atoms with Gasteiger partial charge in [-0.1, -0.05) is 19.3 Å². The van der Waals surface area contributed by atoms with Gasteiger partial charge in [-0.3, -0.25) is 14.5 Å². The lowest BCUT2D eigenvalue weighted by atomic mass is 9.72. The molecule has 1 atom stereocenters. The average Bonchev–Trinajstić information content (AvgIpc) is 2.72. The number of carbonyl (C=O) groups is 2. The molecule has 3 rings (SSSR count). The Morgan fingerprint density at radius 2 is 1.73 bits per heavy atom. The molecule has 1 aliphatic heterocycles. The van der Waals surface area contributed by atoms with Crippen molar-refractivity contribution in [3.63, 3.8) is 0 Å². The number of rotatable bonds is 2. The van der Waals surface area contributed by atoms with Gasteiger partial charge in [0.1, 0.15) is 17.7 Å². The maximum Gasteiger partial charge on any atom is 0.240 e. The number of halogens is 2. The van der Waals surface area contributed by atoms with Gasteiger partial charge in [0, 0.05) is 6.07 Å². The third kappa shape index (κ3) is 2.36. The topological polar surface area (TPSA) is 63.4 Å². The van der Waals surface area contributed by atoms with E-state index in [1.807, 2.05) is 0 Å². The predicted octanol–water partition coefficient (Wildman–Crippen LogP) is 2.51. The van der Waals surface area contributed by atoms with Gasteiger partial charge in [-0.25, -0.2) is 8.78 Å². The zero-order valence-corrected chi connectivity index (χ0v) is 12.1. The molecule has 2 fully saturated rings. The normalized spacial score (nSPS) is 24.0. The molecule has 22 heavy (non-hydrogen) atoms. The maximum absolute atomic E-state index is 13.5. The molecule has 0 radical (unpaired) electrons. The van der Waals surface area contributed by atoms with Crippen LogP contribution in [0.2, 0.25) is 0 Å². The minimum atomic E-state index is -0.841. The molecule has 1 spiro atoms. The number of hydrogen-bond acceptors (Lipinski definition) is 2. The SMILES string of the molecule is NC(=O)C1CC2(CCCCC2)C(=O)N1c1cc(F)cc(F)c1. The predicted molar refractivity (Wildman–Crippen MR) is 77.0 cm³/mol. The zero-order chi connectivity index (χ0) is 15.9. The number of nitrogens with two attached hydrogens (primary N) is 1. The van der Waals surface area contributed by atoms with Crippen LogP contribution in [0.15, 0.2) is 18.2 Å². The zero-order valence-electron chi connectivity index (χ0n) is 12.1. The summed E-state index contributed by atoms with van der Waals surface area (Å²) >= 11 is 0. The highest BCUT2D eigenvalue weighted by Crippen LogP contribution is 2.48. The highest BCUT2D eigenvalue weighted by Gasteiger charge is 2.53. The minimum Gasteiger partial charge on any atom is -0.368 e. The van der Waals surface area contributed by atoms with Crippen molar-refractivity contribution in [1.82, 2.24) is 0 Å². The van der Waals surface area contributed by atoms with E-state index in [0.29, 0.717) is 19.3 Å². The first kappa shape index (κ1) is 14.9. The minimum absolute atomic E-state index is 0.0637. The van der Waals surface area contributed by atoms with Crippen LogP contribution < -0.4 is 10.6 Å². The Balaban J connectivity index is 2.03. The van der Waals surface area contributed by atoms with Gasteiger partial charge in [0.25, 0.3) is 0 Å². The molecule has 0 bridgehead atoms. The lowest BCUT2D eigenvalue weighted by molar-refractivity contribution is -0.127. The lowest BCUT2D eigenvalue weighted by Crippen LogP contribution is -2.43. The van der Waals surface area contributed by atoms with Crippen LogP contribution in [-0.4, -0.2) is 17.9 Å². The molecule has 1 heterocycles. The van der Waals surface area contributed by atoms with Crippen molar-refractivity contribution in [3.05, 3.63) is 29.8 Å². The van der Waals surface area contributed by atoms with Crippen LogP contribution in [0.3, 0.4) is 0 Å². The number of hydrogen-bond donors (Lipinski definition) is 1. The average molecular weight is 308 g/mol. The first-order valence-corrected chi connectivity index (χ1v) is 7.52. The Morgan fingerprint density at radius 1 is 1.14 bits per heavy atom. The summed E-state index contributed by atoms with van der Waals surface area (Å²) in [5.41, 5.74) is 4.89. The second-order valence-electron chi connectivity index (χ2n) is 6.27. The van der Waals surface area contributed by atoms with Crippen LogP contribution in [0, 0.1) is 17.0 Å². The van der Waals surface area contributed by atoms with E-state index in [-0.39, 0.29) is 11.6 Å². The van der Waals surface area contributed by atoms with Crippen molar-refractivity contribution in [3.8, 4) is 0 Å². The standard InChI is InChI=1S/C16H18F2N2O2/c17-10-6-11(18)8-12(7-10)20-13(14(19)21)9-16(15(20)22)4-2-1-3-5-16/h6-8,13H,1-5,9H2,(H2,19,21). The van der Waals surface area contributed by atoms with Crippen molar-refractivity contribution in [2.24, 2.45) is 11.1 Å². The number of amides is 2. The molecule has 2 amide bonds. The summed E-state index contributed by atoms with van der Waals surface area (Å²) in [4.78, 5) is 25.9. The van der Waals surface area contributed by atoms with Gasteiger partial charge in [-0.15, -0.1) is 0 Å². The van der Waals surface area contributed by atoms with Gasteiger partial charge in [0.2, 0.25) is 11.8 Å². The Labute approximate surface area is 127 Å². The van der Waals surface area contributed by atoms with Gasteiger partial charge in [-0.05, 0) is 31.4 Å². The van der Waals surface area contributed by atoms with E-state index < -0.39 is 29.0 Å². The van der Waals surface area contributed by atoms with Crippen molar-refractivity contribution < 1.29 is 18.4 Å². The van der Waals surface area contributed by atoms with E-state index >= 15 is 0 Å². The molecule has 1 aromatic rings. The molecule has 1 unspecified atom stereocenters. The van der Waals surface area contributed by atoms with Crippen LogP contribution in [-0.2, 0) is 9.59 Å². The Bertz CT molecular complexity index is 606. The molecule has 1 saturated carbocycles. The summed E-state index contributed by atoms with van der Waals surface area (Å²) in [6, 6.07) is 2.03. The van der Waals surface area contributed by atoms with Gasteiger partial charge < -0.3 is 5.73 Å². The van der Waals surface area contributed by atoms with Crippen molar-refractivity contribution in [2.45, 2.75) is 44.6 Å². The van der Waals surface area contributed by atoms with E-state index in [4.69, 9.17) is 5.73 Å². The van der Waals surface area contributed by atoms with E-state index in [1.54, 1.807) is 0 Å². The van der Waals surface area contributed by atoms with E-state index in [9.17, 15) is 18.4 Å². The highest BCUT2D eigenvalue weighted by atomic mass is 19.1. The summed E-state index contributed by atoms with van der Waals surface area (Å²) in [5, 5.41) is 0. The van der Waals surface area contributed by atoms with Gasteiger partial charge >= 0.3 is 0 Å². The molecule has 0 aromatic heterocycles. The molecule has 4 nitrogen and oxygen atoms in total. The highest BCUT2D eigenvalue weighted by molar-refractivity contribution is 6.06. The number of nitrogens with zero attached hydrogens (tertiary/aromatic N) is 1. The van der Waals surface area contributed by atoms with E-state index in [2.05, 4.69) is 0 Å². The van der Waals surface area contributed by atoms with E-state index in [0.717, 1.165) is 37.5 Å². The number of anilines is 1. The molecule has 1 aromatic carbocycles. The summed E-state index contributed by atoms with van der Waals surface area (Å²) < 4.78 is 27.0. The monoisotopic (exact) mass is 308 g/mol. The second-order valence-corrected chi connectivity index (χ2v) is 6.27. The molecule has 1 aliphatic carbocycles. The largest absolute Gasteiger partial charge is 0.368 e. The molecule has 118 valence electrons. The fraction of sp³-hybridized carbons (Fsp3) is 0.500. The Morgan fingerprint density at radius 3 is 2.27 bits per heavy atom. The summed E-state index contributed by atoms with van der Waals surface area (Å²) in [6.07, 6.45) is 4.63. The van der Waals surface area contributed by atoms with E-state index in [1.165, 1.54) is 4.90 Å². The van der Waals surface area contributed by atoms with Gasteiger partial charge in [0.15, 0.2) is 0 Å². The summed E-state index contributed by atoms with van der Waals surface area (Å²) in [7, 11) is 0. The van der Waals surface area contributed by atoms with Crippen LogP contribution in [0.1, 0.15) is 38.5 Å². The van der Waals surface area contributed by atoms with Gasteiger partial charge in [0.05, 0.1) is 11.1 Å². The lowest BCUT2D eigenvalue weighted by Gasteiger charge is -2.31. The van der Waals surface area contributed by atoms with Crippen molar-refractivity contribution in [2.75, 3.05) is 4.90 Å². The third-order valence-corrected chi connectivity index (χ3v) is 4.83. The number of benzene rings is 1.